The van der Waals surface area contributed by atoms with Crippen LogP contribution in [0.4, 0.5) is 5.82 Å². The molecule has 1 aromatic carbocycles. The quantitative estimate of drug-likeness (QED) is 0.902. The Balaban J connectivity index is 2.35. The molecule has 0 radical (unpaired) electrons. The van der Waals surface area contributed by atoms with Crippen molar-refractivity contribution in [3.63, 3.8) is 0 Å². The number of halogens is 1. The number of hydrogen-bond acceptors (Lipinski definition) is 4. The molecular formula is C14H15ClN2O2. The molecule has 19 heavy (non-hydrogen) atoms. The highest BCUT2D eigenvalue weighted by Crippen LogP contribution is 2.29. The molecule has 1 unspecified atom stereocenters. The molecule has 0 aliphatic carbocycles. The molecule has 5 heteroatoms. The van der Waals surface area contributed by atoms with Gasteiger partial charge in [-0.05, 0) is 30.7 Å². The highest BCUT2D eigenvalue weighted by atomic mass is 35.5. The summed E-state index contributed by atoms with van der Waals surface area (Å²) >= 11 is 5.88. The van der Waals surface area contributed by atoms with E-state index in [0.717, 1.165) is 0 Å². The van der Waals surface area contributed by atoms with Crippen LogP contribution in [-0.2, 0) is 0 Å². The fraction of sp³-hybridized carbons (Fsp3) is 0.214. The summed E-state index contributed by atoms with van der Waals surface area (Å²) in [7, 11) is 0. The Kier molecular flexibility index (Phi) is 4.24. The van der Waals surface area contributed by atoms with Crippen molar-refractivity contribution in [1.29, 1.82) is 0 Å². The van der Waals surface area contributed by atoms with Crippen LogP contribution >= 0.6 is 11.6 Å². The molecule has 0 bridgehead atoms. The van der Waals surface area contributed by atoms with Crippen LogP contribution in [0.1, 0.15) is 24.2 Å². The van der Waals surface area contributed by atoms with Gasteiger partial charge in [0.15, 0.2) is 0 Å². The fourth-order valence-corrected chi connectivity index (χ4v) is 1.97. The van der Waals surface area contributed by atoms with Gasteiger partial charge in [-0.15, -0.1) is 0 Å². The second kappa shape index (κ2) is 5.91. The average molecular weight is 279 g/mol. The van der Waals surface area contributed by atoms with Crippen LogP contribution in [0.25, 0.3) is 0 Å². The maximum Gasteiger partial charge on any atom is 0.129 e. The molecule has 4 nitrogen and oxygen atoms in total. The molecule has 1 aromatic heterocycles. The zero-order chi connectivity index (χ0) is 13.8. The summed E-state index contributed by atoms with van der Waals surface area (Å²) in [5.74, 6) is 0.964. The minimum absolute atomic E-state index is 0.263. The third-order valence-corrected chi connectivity index (χ3v) is 2.90. The number of aliphatic hydroxyl groups excluding tert-OH is 1. The Morgan fingerprint density at radius 2 is 2.21 bits per heavy atom. The Labute approximate surface area is 116 Å². The first kappa shape index (κ1) is 13.6. The van der Waals surface area contributed by atoms with E-state index in [2.05, 4.69) is 4.98 Å². The van der Waals surface area contributed by atoms with Crippen LogP contribution in [0.2, 0.25) is 5.02 Å². The van der Waals surface area contributed by atoms with Crippen molar-refractivity contribution < 1.29 is 9.84 Å². The molecule has 0 spiro atoms. The van der Waals surface area contributed by atoms with Crippen molar-refractivity contribution in [1.82, 2.24) is 4.98 Å². The van der Waals surface area contributed by atoms with Gasteiger partial charge in [-0.25, -0.2) is 4.98 Å². The number of pyridine rings is 1. The summed E-state index contributed by atoms with van der Waals surface area (Å²) in [6.45, 7) is 2.47. The van der Waals surface area contributed by atoms with E-state index < -0.39 is 6.10 Å². The normalized spacial score (nSPS) is 12.2. The van der Waals surface area contributed by atoms with Gasteiger partial charge in [0.2, 0.25) is 0 Å². The van der Waals surface area contributed by atoms with Crippen LogP contribution in [0, 0.1) is 0 Å². The lowest BCUT2D eigenvalue weighted by molar-refractivity contribution is 0.220. The summed E-state index contributed by atoms with van der Waals surface area (Å²) in [6, 6.07) is 8.83. The second-order valence-corrected chi connectivity index (χ2v) is 4.47. The van der Waals surface area contributed by atoms with Crippen LogP contribution in [0.3, 0.4) is 0 Å². The predicted octanol–water partition coefficient (Wildman–Crippen LogP) is 2.80. The minimum Gasteiger partial charge on any atom is -0.494 e. The van der Waals surface area contributed by atoms with Crippen molar-refractivity contribution in [3.8, 4) is 5.75 Å². The van der Waals surface area contributed by atoms with Crippen LogP contribution in [-0.4, -0.2) is 16.7 Å². The largest absolute Gasteiger partial charge is 0.494 e. The molecule has 1 heterocycles. The molecule has 0 saturated heterocycles. The number of nitrogens with zero attached hydrogens (tertiary/aromatic N) is 1. The van der Waals surface area contributed by atoms with Gasteiger partial charge in [-0.1, -0.05) is 23.7 Å². The molecule has 0 fully saturated rings. The second-order valence-electron chi connectivity index (χ2n) is 4.04. The van der Waals surface area contributed by atoms with Crippen LogP contribution in [0.5, 0.6) is 5.75 Å². The molecular weight excluding hydrogens is 264 g/mol. The number of hydrogen-bond donors (Lipinski definition) is 2. The lowest BCUT2D eigenvalue weighted by atomic mass is 10.0. The van der Waals surface area contributed by atoms with Crippen molar-refractivity contribution >= 4 is 17.4 Å². The Bertz CT molecular complexity index is 575. The lowest BCUT2D eigenvalue weighted by Gasteiger charge is -2.14. The number of aliphatic hydroxyl groups is 1. The molecule has 0 aliphatic rings. The maximum absolute atomic E-state index is 10.4. The maximum atomic E-state index is 10.4. The van der Waals surface area contributed by atoms with Crippen molar-refractivity contribution in [3.05, 3.63) is 52.7 Å². The van der Waals surface area contributed by atoms with Crippen molar-refractivity contribution in [2.24, 2.45) is 0 Å². The van der Waals surface area contributed by atoms with Gasteiger partial charge in [-0.3, -0.25) is 0 Å². The van der Waals surface area contributed by atoms with E-state index in [4.69, 9.17) is 22.1 Å². The van der Waals surface area contributed by atoms with Crippen LogP contribution in [0.15, 0.2) is 36.5 Å². The van der Waals surface area contributed by atoms with E-state index in [9.17, 15) is 5.11 Å². The number of aromatic nitrogens is 1. The first-order chi connectivity index (χ1) is 9.11. The van der Waals surface area contributed by atoms with E-state index in [-0.39, 0.29) is 5.82 Å². The van der Waals surface area contributed by atoms with Gasteiger partial charge < -0.3 is 15.6 Å². The van der Waals surface area contributed by atoms with Crippen molar-refractivity contribution in [2.45, 2.75) is 13.0 Å². The first-order valence-electron chi connectivity index (χ1n) is 5.93. The SMILES string of the molecule is CCOc1cccc(C(O)c2cc(Cl)cnc2N)c1. The van der Waals surface area contributed by atoms with Gasteiger partial charge in [0.25, 0.3) is 0 Å². The number of benzene rings is 1. The summed E-state index contributed by atoms with van der Waals surface area (Å²) in [6.07, 6.45) is 0.565. The van der Waals surface area contributed by atoms with Gasteiger partial charge in [0.05, 0.1) is 11.6 Å². The Hall–Kier alpha value is -1.78. The minimum atomic E-state index is -0.883. The van der Waals surface area contributed by atoms with Crippen LogP contribution < -0.4 is 10.5 Å². The van der Waals surface area contributed by atoms with E-state index in [1.54, 1.807) is 18.2 Å². The number of nitrogens with two attached hydrogens (primary N) is 1. The molecule has 100 valence electrons. The predicted molar refractivity (Wildman–Crippen MR) is 75.3 cm³/mol. The number of ether oxygens (including phenoxy) is 1. The standard InChI is InChI=1S/C14H15ClN2O2/c1-2-19-11-5-3-4-9(6-11)13(18)12-7-10(15)8-17-14(12)16/h3-8,13,18H,2H2,1H3,(H2,16,17). The average Bonchev–Trinajstić information content (AvgIpc) is 2.41. The highest BCUT2D eigenvalue weighted by molar-refractivity contribution is 6.30. The van der Waals surface area contributed by atoms with Gasteiger partial charge in [0.1, 0.15) is 17.7 Å². The summed E-state index contributed by atoms with van der Waals surface area (Å²) in [5, 5.41) is 10.8. The summed E-state index contributed by atoms with van der Waals surface area (Å²) < 4.78 is 5.40. The van der Waals surface area contributed by atoms with E-state index in [1.165, 1.54) is 6.20 Å². The van der Waals surface area contributed by atoms with Gasteiger partial charge >= 0.3 is 0 Å². The first-order valence-corrected chi connectivity index (χ1v) is 6.31. The summed E-state index contributed by atoms with van der Waals surface area (Å²) in [4.78, 5) is 3.94. The summed E-state index contributed by atoms with van der Waals surface area (Å²) in [5.41, 5.74) is 6.93. The van der Waals surface area contributed by atoms with Gasteiger partial charge in [-0.2, -0.15) is 0 Å². The lowest BCUT2D eigenvalue weighted by Crippen LogP contribution is -2.06. The Morgan fingerprint density at radius 1 is 1.42 bits per heavy atom. The molecule has 0 aliphatic heterocycles. The topological polar surface area (TPSA) is 68.4 Å². The van der Waals surface area contributed by atoms with E-state index in [0.29, 0.717) is 28.5 Å². The highest BCUT2D eigenvalue weighted by Gasteiger charge is 2.15. The van der Waals surface area contributed by atoms with E-state index in [1.807, 2.05) is 19.1 Å². The zero-order valence-electron chi connectivity index (χ0n) is 10.5. The smallest absolute Gasteiger partial charge is 0.129 e. The molecule has 0 saturated carbocycles. The monoisotopic (exact) mass is 278 g/mol. The zero-order valence-corrected chi connectivity index (χ0v) is 11.3. The molecule has 2 aromatic rings. The molecule has 1 atom stereocenters. The third kappa shape index (κ3) is 3.16. The third-order valence-electron chi connectivity index (χ3n) is 2.70. The van der Waals surface area contributed by atoms with E-state index >= 15 is 0 Å². The Morgan fingerprint density at radius 3 is 2.95 bits per heavy atom. The molecule has 0 amide bonds. The fourth-order valence-electron chi connectivity index (χ4n) is 1.81. The van der Waals surface area contributed by atoms with Gasteiger partial charge in [0, 0.05) is 11.8 Å². The number of nitrogen functional groups attached to an aromatic ring is 1. The van der Waals surface area contributed by atoms with Crippen molar-refractivity contribution in [2.75, 3.05) is 12.3 Å². The number of rotatable bonds is 4. The number of anilines is 1. The molecule has 2 rings (SSSR count). The molecule has 3 N–H and O–H groups in total.